The van der Waals surface area contributed by atoms with Crippen LogP contribution in [0.1, 0.15) is 64.7 Å². The molecule has 5 unspecified atom stereocenters. The molecule has 0 amide bonds. The largest absolute Gasteiger partial charge is 0.378 e. The number of ether oxygens (including phenoxy) is 1. The van der Waals surface area contributed by atoms with Crippen LogP contribution in [0, 0.1) is 17.8 Å². The molecule has 0 spiro atoms. The van der Waals surface area contributed by atoms with Gasteiger partial charge in [0.1, 0.15) is 0 Å². The van der Waals surface area contributed by atoms with Crippen LogP contribution in [-0.2, 0) is 13.8 Å². The summed E-state index contributed by atoms with van der Waals surface area (Å²) in [6.07, 6.45) is 15.8. The molecular formula is C20H37ClO3P2. The van der Waals surface area contributed by atoms with Crippen LogP contribution in [-0.4, -0.2) is 30.8 Å². The first-order chi connectivity index (χ1) is 12.7. The van der Waals surface area contributed by atoms with Gasteiger partial charge in [-0.05, 0) is 63.2 Å². The molecule has 0 heterocycles. The maximum Gasteiger partial charge on any atom is 0.0656 e. The molecule has 0 N–H and O–H groups in total. The molecule has 0 aromatic heterocycles. The van der Waals surface area contributed by atoms with E-state index < -0.39 is 0 Å². The Bertz CT molecular complexity index is 405. The van der Waals surface area contributed by atoms with Crippen LogP contribution in [0.5, 0.6) is 0 Å². The zero-order chi connectivity index (χ0) is 18.8. The zero-order valence-electron chi connectivity index (χ0n) is 16.2. The van der Waals surface area contributed by atoms with E-state index in [2.05, 4.69) is 31.1 Å². The molecule has 7 atom stereocenters. The Morgan fingerprint density at radius 2 is 1.88 bits per heavy atom. The van der Waals surface area contributed by atoms with Gasteiger partial charge in [-0.3, -0.25) is 0 Å². The molecule has 6 heteroatoms. The van der Waals surface area contributed by atoms with Crippen LogP contribution in [0.2, 0.25) is 0 Å². The van der Waals surface area contributed by atoms with Crippen molar-refractivity contribution in [2.45, 2.75) is 82.3 Å². The van der Waals surface area contributed by atoms with Crippen LogP contribution in [0.4, 0.5) is 0 Å². The second-order valence-corrected chi connectivity index (χ2v) is 8.88. The normalized spacial score (nSPS) is 31.7. The third-order valence-electron chi connectivity index (χ3n) is 6.25. The first kappa shape index (κ1) is 23.1. The van der Waals surface area contributed by atoms with E-state index in [0.29, 0.717) is 30.5 Å². The van der Waals surface area contributed by atoms with Crippen molar-refractivity contribution in [3.63, 3.8) is 0 Å². The first-order valence-corrected chi connectivity index (χ1v) is 11.7. The van der Waals surface area contributed by atoms with E-state index in [0.717, 1.165) is 32.3 Å². The minimum Gasteiger partial charge on any atom is -0.378 e. The second kappa shape index (κ2) is 13.1. The highest BCUT2D eigenvalue weighted by atomic mass is 35.5. The monoisotopic (exact) mass is 422 g/mol. The summed E-state index contributed by atoms with van der Waals surface area (Å²) in [5, 5.41) is 0.187. The minimum absolute atomic E-state index is 0.187. The standard InChI is InChI=1S/C20H37ClO3P2/c1-2-22-13-7-6-10-16-17(20(24-26)14-18(16)21)11-12-19(23-25)15-8-4-3-5-9-15/h6-7,15-20H,2-5,8-14,25-26H2,1H3/b7-6-/t16-,17-,18?,19?,20?/m1/s1. The van der Waals surface area contributed by atoms with Crippen LogP contribution in [0.3, 0.4) is 0 Å². The quantitative estimate of drug-likeness (QED) is 0.179. The van der Waals surface area contributed by atoms with Gasteiger partial charge in [-0.1, -0.05) is 31.4 Å². The molecule has 152 valence electrons. The Morgan fingerprint density at radius 1 is 1.12 bits per heavy atom. The predicted octanol–water partition coefficient (Wildman–Crippen LogP) is 5.92. The van der Waals surface area contributed by atoms with Gasteiger partial charge in [0.05, 0.1) is 18.8 Å². The molecular weight excluding hydrogens is 386 g/mol. The lowest BCUT2D eigenvalue weighted by atomic mass is 9.81. The third-order valence-corrected chi connectivity index (χ3v) is 7.45. The maximum absolute atomic E-state index is 6.69. The molecule has 2 aliphatic carbocycles. The molecule has 2 aliphatic rings. The molecule has 0 aromatic carbocycles. The zero-order valence-corrected chi connectivity index (χ0v) is 19.2. The van der Waals surface area contributed by atoms with Crippen molar-refractivity contribution in [3.05, 3.63) is 12.2 Å². The van der Waals surface area contributed by atoms with Crippen LogP contribution in [0.25, 0.3) is 0 Å². The van der Waals surface area contributed by atoms with E-state index in [9.17, 15) is 0 Å². The van der Waals surface area contributed by atoms with Gasteiger partial charge in [0.15, 0.2) is 0 Å². The Kier molecular flexibility index (Phi) is 11.6. The summed E-state index contributed by atoms with van der Waals surface area (Å²) in [5.41, 5.74) is 0. The third kappa shape index (κ3) is 6.98. The molecule has 2 fully saturated rings. The Balaban J connectivity index is 1.89. The van der Waals surface area contributed by atoms with Crippen LogP contribution in [0.15, 0.2) is 12.2 Å². The van der Waals surface area contributed by atoms with Crippen molar-refractivity contribution in [2.24, 2.45) is 17.8 Å². The fraction of sp³-hybridized carbons (Fsp3) is 0.900. The van der Waals surface area contributed by atoms with Crippen molar-refractivity contribution >= 4 is 30.5 Å². The summed E-state index contributed by atoms with van der Waals surface area (Å²) in [7, 11) is 4.97. The van der Waals surface area contributed by atoms with Crippen molar-refractivity contribution in [1.82, 2.24) is 0 Å². The molecule has 2 saturated carbocycles. The minimum atomic E-state index is 0.187. The number of allylic oxidation sites excluding steroid dienone is 1. The molecule has 26 heavy (non-hydrogen) atoms. The van der Waals surface area contributed by atoms with Crippen molar-refractivity contribution in [3.8, 4) is 0 Å². The molecule has 0 aliphatic heterocycles. The molecule has 0 aromatic rings. The summed E-state index contributed by atoms with van der Waals surface area (Å²) < 4.78 is 16.9. The van der Waals surface area contributed by atoms with E-state index >= 15 is 0 Å². The lowest BCUT2D eigenvalue weighted by Gasteiger charge is -2.31. The Morgan fingerprint density at radius 3 is 2.54 bits per heavy atom. The van der Waals surface area contributed by atoms with E-state index in [-0.39, 0.29) is 11.5 Å². The van der Waals surface area contributed by atoms with Crippen molar-refractivity contribution in [2.75, 3.05) is 13.2 Å². The van der Waals surface area contributed by atoms with Gasteiger partial charge in [0.25, 0.3) is 0 Å². The fourth-order valence-corrected chi connectivity index (χ4v) is 5.92. The highest BCUT2D eigenvalue weighted by molar-refractivity contribution is 7.10. The molecule has 2 rings (SSSR count). The van der Waals surface area contributed by atoms with Gasteiger partial charge in [-0.15, -0.1) is 11.6 Å². The highest BCUT2D eigenvalue weighted by Gasteiger charge is 2.42. The topological polar surface area (TPSA) is 27.7 Å². The molecule has 3 nitrogen and oxygen atoms in total. The number of alkyl halides is 1. The number of rotatable bonds is 11. The summed E-state index contributed by atoms with van der Waals surface area (Å²) in [4.78, 5) is 0. The smallest absolute Gasteiger partial charge is 0.0656 e. The van der Waals surface area contributed by atoms with Crippen molar-refractivity contribution in [1.29, 1.82) is 0 Å². The van der Waals surface area contributed by atoms with E-state index in [1.165, 1.54) is 32.1 Å². The average molecular weight is 423 g/mol. The summed E-state index contributed by atoms with van der Waals surface area (Å²) in [5.74, 6) is 1.68. The van der Waals surface area contributed by atoms with E-state index in [4.69, 9.17) is 25.4 Å². The second-order valence-electron chi connectivity index (χ2n) is 7.77. The van der Waals surface area contributed by atoms with Gasteiger partial charge in [0.2, 0.25) is 0 Å². The molecule has 0 radical (unpaired) electrons. The summed E-state index contributed by atoms with van der Waals surface area (Å²) in [6, 6.07) is 0. The summed E-state index contributed by atoms with van der Waals surface area (Å²) >= 11 is 6.69. The highest BCUT2D eigenvalue weighted by Crippen LogP contribution is 2.44. The van der Waals surface area contributed by atoms with E-state index in [1.54, 1.807) is 0 Å². The fourth-order valence-electron chi connectivity index (χ4n) is 4.78. The number of hydrogen-bond donors (Lipinski definition) is 0. The van der Waals surface area contributed by atoms with Crippen LogP contribution >= 0.6 is 30.5 Å². The maximum atomic E-state index is 6.69. The van der Waals surface area contributed by atoms with Gasteiger partial charge in [-0.25, -0.2) is 0 Å². The molecule has 0 saturated heterocycles. The average Bonchev–Trinajstić information content (AvgIpc) is 2.98. The first-order valence-electron chi connectivity index (χ1n) is 10.3. The molecule has 0 bridgehead atoms. The van der Waals surface area contributed by atoms with Crippen molar-refractivity contribution < 1.29 is 13.8 Å². The lowest BCUT2D eigenvalue weighted by Crippen LogP contribution is -2.27. The number of hydrogen-bond acceptors (Lipinski definition) is 3. The van der Waals surface area contributed by atoms with E-state index in [1.807, 2.05) is 6.92 Å². The van der Waals surface area contributed by atoms with Gasteiger partial charge >= 0.3 is 0 Å². The SMILES string of the molecule is CCOC/C=C\C[C@H]1C(Cl)CC(OP)[C@@H]1CCC(OP)C1CCCCC1. The predicted molar refractivity (Wildman–Crippen MR) is 116 cm³/mol. The Hall–Kier alpha value is 0.770. The van der Waals surface area contributed by atoms with Gasteiger partial charge < -0.3 is 13.8 Å². The van der Waals surface area contributed by atoms with Crippen LogP contribution < -0.4 is 0 Å². The number of halogens is 1. The van der Waals surface area contributed by atoms with Gasteiger partial charge in [0, 0.05) is 30.9 Å². The van der Waals surface area contributed by atoms with Gasteiger partial charge in [-0.2, -0.15) is 0 Å². The lowest BCUT2D eigenvalue weighted by molar-refractivity contribution is 0.0939. The Labute approximate surface area is 169 Å². The summed E-state index contributed by atoms with van der Waals surface area (Å²) in [6.45, 7) is 3.47.